The second kappa shape index (κ2) is 16.3. The van der Waals surface area contributed by atoms with E-state index in [2.05, 4.69) is 52.5 Å². The fourth-order valence-corrected chi connectivity index (χ4v) is 6.12. The van der Waals surface area contributed by atoms with E-state index >= 15 is 0 Å². The predicted molar refractivity (Wildman–Crippen MR) is 182 cm³/mol. The maximum absolute atomic E-state index is 13.4. The zero-order chi connectivity index (χ0) is 30.6. The number of hydrogen-bond donors (Lipinski definition) is 2. The summed E-state index contributed by atoms with van der Waals surface area (Å²) in [5.74, 6) is 1.28. The number of thioether (sulfide) groups is 1. The van der Waals surface area contributed by atoms with Crippen molar-refractivity contribution < 1.29 is 9.59 Å². The number of nitrogens with zero attached hydrogens (tertiary/aromatic N) is 3. The summed E-state index contributed by atoms with van der Waals surface area (Å²) < 4.78 is 0. The number of rotatable bonds is 13. The highest BCUT2D eigenvalue weighted by Crippen LogP contribution is 2.27. The van der Waals surface area contributed by atoms with Gasteiger partial charge in [-0.3, -0.25) is 9.59 Å². The lowest BCUT2D eigenvalue weighted by Gasteiger charge is -2.29. The molecule has 7 nitrogen and oxygen atoms in total. The summed E-state index contributed by atoms with van der Waals surface area (Å²) in [5.41, 5.74) is 9.45. The molecule has 1 saturated heterocycles. The summed E-state index contributed by atoms with van der Waals surface area (Å²) in [5, 5.41) is 7.22. The SMILES string of the molecule is CCN(CC)CCSCc1cccc(C(=O)Nc2ccc(N3CCCCC3)cc2C(=O)NN=Cc2ccc(C)c(C)c2)c1. The number of amides is 2. The highest BCUT2D eigenvalue weighted by atomic mass is 32.2. The first-order chi connectivity index (χ1) is 20.9. The normalized spacial score (nSPS) is 13.5. The van der Waals surface area contributed by atoms with Gasteiger partial charge < -0.3 is 15.1 Å². The molecule has 1 aliphatic heterocycles. The average Bonchev–Trinajstić information content (AvgIpc) is 3.03. The van der Waals surface area contributed by atoms with Crippen LogP contribution in [0.4, 0.5) is 11.4 Å². The van der Waals surface area contributed by atoms with Crippen molar-refractivity contribution in [3.63, 3.8) is 0 Å². The Morgan fingerprint density at radius 3 is 2.47 bits per heavy atom. The van der Waals surface area contributed by atoms with E-state index < -0.39 is 0 Å². The molecular formula is C35H45N5O2S. The van der Waals surface area contributed by atoms with Crippen LogP contribution in [0, 0.1) is 13.8 Å². The van der Waals surface area contributed by atoms with Crippen molar-refractivity contribution in [1.82, 2.24) is 10.3 Å². The number of hydrogen-bond acceptors (Lipinski definition) is 6. The first-order valence-corrected chi connectivity index (χ1v) is 16.5. The number of benzene rings is 3. The van der Waals surface area contributed by atoms with E-state index in [-0.39, 0.29) is 11.8 Å². The van der Waals surface area contributed by atoms with Crippen LogP contribution in [0.15, 0.2) is 65.8 Å². The van der Waals surface area contributed by atoms with Crippen molar-refractivity contribution in [3.05, 3.63) is 94.0 Å². The van der Waals surface area contributed by atoms with Gasteiger partial charge in [0.1, 0.15) is 0 Å². The summed E-state index contributed by atoms with van der Waals surface area (Å²) in [6.07, 6.45) is 5.12. The second-order valence-corrected chi connectivity index (χ2v) is 12.2. The molecule has 2 amide bonds. The predicted octanol–water partition coefficient (Wildman–Crippen LogP) is 6.88. The quantitative estimate of drug-likeness (QED) is 0.127. The molecule has 0 bridgehead atoms. The monoisotopic (exact) mass is 599 g/mol. The molecule has 0 aromatic heterocycles. The van der Waals surface area contributed by atoms with Gasteiger partial charge in [-0.05, 0) is 98.8 Å². The molecule has 3 aromatic rings. The van der Waals surface area contributed by atoms with Crippen LogP contribution in [0.5, 0.6) is 0 Å². The zero-order valence-corrected chi connectivity index (χ0v) is 26.8. The Kier molecular flexibility index (Phi) is 12.2. The number of carbonyl (C=O) groups excluding carboxylic acids is 2. The first-order valence-electron chi connectivity index (χ1n) is 15.4. The molecule has 4 rings (SSSR count). The van der Waals surface area contributed by atoms with Gasteiger partial charge >= 0.3 is 0 Å². The van der Waals surface area contributed by atoms with E-state index in [0.29, 0.717) is 16.8 Å². The Hall–Kier alpha value is -3.62. The number of anilines is 2. The van der Waals surface area contributed by atoms with Gasteiger partial charge in [-0.1, -0.05) is 44.2 Å². The van der Waals surface area contributed by atoms with E-state index in [4.69, 9.17) is 0 Å². The first kappa shape index (κ1) is 32.3. The number of aryl methyl sites for hydroxylation is 2. The van der Waals surface area contributed by atoms with E-state index in [1.54, 1.807) is 6.21 Å². The Bertz CT molecular complexity index is 1410. The summed E-state index contributed by atoms with van der Waals surface area (Å²) in [6.45, 7) is 13.6. The van der Waals surface area contributed by atoms with Gasteiger partial charge in [0.2, 0.25) is 0 Å². The third-order valence-corrected chi connectivity index (χ3v) is 9.04. The van der Waals surface area contributed by atoms with Crippen molar-refractivity contribution in [3.8, 4) is 0 Å². The molecule has 0 radical (unpaired) electrons. The van der Waals surface area contributed by atoms with Crippen LogP contribution in [-0.4, -0.2) is 61.4 Å². The molecule has 0 aliphatic carbocycles. The van der Waals surface area contributed by atoms with Crippen molar-refractivity contribution in [1.29, 1.82) is 0 Å². The molecule has 8 heteroatoms. The molecule has 3 aromatic carbocycles. The molecule has 0 atom stereocenters. The lowest BCUT2D eigenvalue weighted by molar-refractivity contribution is 0.0956. The van der Waals surface area contributed by atoms with Crippen molar-refractivity contribution in [2.75, 3.05) is 48.7 Å². The average molecular weight is 600 g/mol. The van der Waals surface area contributed by atoms with Gasteiger partial charge in [0.05, 0.1) is 17.5 Å². The van der Waals surface area contributed by atoms with Gasteiger partial charge in [-0.2, -0.15) is 16.9 Å². The minimum absolute atomic E-state index is 0.242. The number of carbonyl (C=O) groups is 2. The molecule has 228 valence electrons. The van der Waals surface area contributed by atoms with Gasteiger partial charge in [0.15, 0.2) is 0 Å². The lowest BCUT2D eigenvalue weighted by Crippen LogP contribution is -2.30. The largest absolute Gasteiger partial charge is 0.372 e. The van der Waals surface area contributed by atoms with Crippen LogP contribution in [0.2, 0.25) is 0 Å². The van der Waals surface area contributed by atoms with Crippen LogP contribution in [0.3, 0.4) is 0 Å². The summed E-state index contributed by atoms with van der Waals surface area (Å²) in [4.78, 5) is 31.5. The van der Waals surface area contributed by atoms with E-state index in [0.717, 1.165) is 79.4 Å². The molecule has 1 aliphatic rings. The second-order valence-electron chi connectivity index (χ2n) is 11.1. The fourth-order valence-electron chi connectivity index (χ4n) is 5.17. The Morgan fingerprint density at radius 2 is 1.72 bits per heavy atom. The van der Waals surface area contributed by atoms with Crippen molar-refractivity contribution in [2.45, 2.75) is 52.7 Å². The van der Waals surface area contributed by atoms with Crippen LogP contribution in [0.1, 0.15) is 76.1 Å². The highest BCUT2D eigenvalue weighted by Gasteiger charge is 2.19. The van der Waals surface area contributed by atoms with Gasteiger partial charge in [0, 0.05) is 42.4 Å². The molecular weight excluding hydrogens is 554 g/mol. The molecule has 0 unspecified atom stereocenters. The topological polar surface area (TPSA) is 77.0 Å². The number of piperidine rings is 1. The third kappa shape index (κ3) is 9.43. The molecule has 1 heterocycles. The molecule has 1 fully saturated rings. The van der Waals surface area contributed by atoms with Crippen LogP contribution < -0.4 is 15.6 Å². The van der Waals surface area contributed by atoms with E-state index in [1.165, 1.54) is 12.0 Å². The summed E-state index contributed by atoms with van der Waals surface area (Å²) >= 11 is 1.87. The van der Waals surface area contributed by atoms with E-state index in [1.807, 2.05) is 73.3 Å². The lowest BCUT2D eigenvalue weighted by atomic mass is 10.1. The summed E-state index contributed by atoms with van der Waals surface area (Å²) in [7, 11) is 0. The Labute approximate surface area is 261 Å². The smallest absolute Gasteiger partial charge is 0.273 e. The fraction of sp³-hybridized carbons (Fsp3) is 0.400. The maximum Gasteiger partial charge on any atom is 0.273 e. The molecule has 2 N–H and O–H groups in total. The minimum Gasteiger partial charge on any atom is -0.372 e. The minimum atomic E-state index is -0.368. The summed E-state index contributed by atoms with van der Waals surface area (Å²) in [6, 6.07) is 19.5. The Morgan fingerprint density at radius 1 is 0.930 bits per heavy atom. The van der Waals surface area contributed by atoms with Crippen LogP contribution in [-0.2, 0) is 5.75 Å². The molecule has 43 heavy (non-hydrogen) atoms. The number of hydrazone groups is 1. The third-order valence-electron chi connectivity index (χ3n) is 8.03. The number of nitrogens with one attached hydrogen (secondary N) is 2. The molecule has 0 saturated carbocycles. The van der Waals surface area contributed by atoms with Gasteiger partial charge in [0.25, 0.3) is 11.8 Å². The van der Waals surface area contributed by atoms with Crippen LogP contribution >= 0.6 is 11.8 Å². The van der Waals surface area contributed by atoms with Crippen molar-refractivity contribution >= 4 is 41.2 Å². The van der Waals surface area contributed by atoms with Gasteiger partial charge in [-0.15, -0.1) is 0 Å². The standard InChI is InChI=1S/C35H45N5O2S/c1-5-39(6-2)19-20-43-25-29-11-10-12-30(22-29)34(41)37-33-16-15-31(40-17-8-7-9-18-40)23-32(33)35(42)38-36-24-28-14-13-26(3)27(4)21-28/h10-16,21-24H,5-9,17-20,25H2,1-4H3,(H,37,41)(H,38,42). The van der Waals surface area contributed by atoms with Crippen LogP contribution in [0.25, 0.3) is 0 Å². The highest BCUT2D eigenvalue weighted by molar-refractivity contribution is 7.98. The van der Waals surface area contributed by atoms with Crippen molar-refractivity contribution in [2.24, 2.45) is 5.10 Å². The molecule has 0 spiro atoms. The van der Waals surface area contributed by atoms with E-state index in [9.17, 15) is 9.59 Å². The maximum atomic E-state index is 13.4. The van der Waals surface area contributed by atoms with Gasteiger partial charge in [-0.25, -0.2) is 5.43 Å². The Balaban J connectivity index is 1.48. The zero-order valence-electron chi connectivity index (χ0n) is 26.0.